The molecular weight excluding hydrogens is 204 g/mol. The first-order valence-electron chi connectivity index (χ1n) is 5.48. The Morgan fingerprint density at radius 1 is 1.44 bits per heavy atom. The second kappa shape index (κ2) is 3.22. The zero-order valence-electron chi connectivity index (χ0n) is 9.19. The zero-order chi connectivity index (χ0) is 11.2. The molecule has 84 valence electrons. The summed E-state index contributed by atoms with van der Waals surface area (Å²) in [6, 6.07) is 5.48. The fraction of sp³-hybridized carbons (Fsp3) is 0.417. The van der Waals surface area contributed by atoms with Crippen LogP contribution in [-0.2, 0) is 10.3 Å². The number of rotatable bonds is 1. The number of benzene rings is 1. The van der Waals surface area contributed by atoms with Crippen LogP contribution in [0.1, 0.15) is 25.7 Å². The highest BCUT2D eigenvalue weighted by molar-refractivity contribution is 5.76. The van der Waals surface area contributed by atoms with Crippen molar-refractivity contribution in [2.24, 2.45) is 0 Å². The summed E-state index contributed by atoms with van der Waals surface area (Å²) in [5, 5.41) is 0. The van der Waals surface area contributed by atoms with Gasteiger partial charge in [-0.3, -0.25) is 0 Å². The monoisotopic (exact) mass is 218 g/mol. The Morgan fingerprint density at radius 3 is 3.06 bits per heavy atom. The summed E-state index contributed by atoms with van der Waals surface area (Å²) in [7, 11) is 0. The van der Waals surface area contributed by atoms with Crippen molar-refractivity contribution in [1.82, 2.24) is 4.98 Å². The molecule has 0 aliphatic carbocycles. The van der Waals surface area contributed by atoms with E-state index in [2.05, 4.69) is 4.98 Å². The molecule has 16 heavy (non-hydrogen) atoms. The predicted octanol–water partition coefficient (Wildman–Crippen LogP) is 2.44. The summed E-state index contributed by atoms with van der Waals surface area (Å²) in [6.07, 6.45) is 2.01. The molecule has 0 amide bonds. The second-order valence-corrected chi connectivity index (χ2v) is 4.43. The van der Waals surface area contributed by atoms with Crippen LogP contribution in [0.15, 0.2) is 22.6 Å². The summed E-state index contributed by atoms with van der Waals surface area (Å²) >= 11 is 0. The SMILES string of the molecule is CC1(c2nc3cc(N)ccc3o2)CCCO1. The van der Waals surface area contributed by atoms with Crippen LogP contribution < -0.4 is 5.73 Å². The second-order valence-electron chi connectivity index (χ2n) is 4.43. The largest absolute Gasteiger partial charge is 0.438 e. The van der Waals surface area contributed by atoms with Crippen molar-refractivity contribution >= 4 is 16.8 Å². The van der Waals surface area contributed by atoms with E-state index in [0.29, 0.717) is 11.6 Å². The minimum atomic E-state index is -0.367. The van der Waals surface area contributed by atoms with Gasteiger partial charge in [-0.05, 0) is 38.0 Å². The van der Waals surface area contributed by atoms with E-state index < -0.39 is 0 Å². The Bertz CT molecular complexity index is 527. The molecule has 1 aromatic carbocycles. The Hall–Kier alpha value is -1.55. The molecule has 2 N–H and O–H groups in total. The van der Waals surface area contributed by atoms with Crippen molar-refractivity contribution in [3.8, 4) is 0 Å². The molecule has 2 aromatic rings. The van der Waals surface area contributed by atoms with E-state index in [4.69, 9.17) is 14.9 Å². The van der Waals surface area contributed by atoms with Crippen LogP contribution in [0.2, 0.25) is 0 Å². The molecule has 1 aliphatic heterocycles. The molecular formula is C12H14N2O2. The van der Waals surface area contributed by atoms with Gasteiger partial charge in [0.1, 0.15) is 11.1 Å². The number of ether oxygens (including phenoxy) is 1. The van der Waals surface area contributed by atoms with Crippen LogP contribution in [0, 0.1) is 0 Å². The smallest absolute Gasteiger partial charge is 0.227 e. The third-order valence-corrected chi connectivity index (χ3v) is 3.08. The standard InChI is InChI=1S/C12H14N2O2/c1-12(5-2-6-15-12)11-14-9-7-8(13)3-4-10(9)16-11/h3-4,7H,2,5-6,13H2,1H3. The van der Waals surface area contributed by atoms with Crippen molar-refractivity contribution in [3.63, 3.8) is 0 Å². The molecule has 1 saturated heterocycles. The lowest BCUT2D eigenvalue weighted by molar-refractivity contribution is -0.00409. The van der Waals surface area contributed by atoms with E-state index in [0.717, 1.165) is 30.5 Å². The van der Waals surface area contributed by atoms with Crippen LogP contribution >= 0.6 is 0 Å². The molecule has 1 fully saturated rings. The molecule has 0 bridgehead atoms. The highest BCUT2D eigenvalue weighted by Gasteiger charge is 2.36. The van der Waals surface area contributed by atoms with Crippen molar-refractivity contribution in [2.45, 2.75) is 25.4 Å². The van der Waals surface area contributed by atoms with Crippen LogP contribution in [0.25, 0.3) is 11.1 Å². The third kappa shape index (κ3) is 1.38. The first-order valence-corrected chi connectivity index (χ1v) is 5.48. The minimum Gasteiger partial charge on any atom is -0.438 e. The van der Waals surface area contributed by atoms with E-state index in [1.807, 2.05) is 25.1 Å². The summed E-state index contributed by atoms with van der Waals surface area (Å²) in [6.45, 7) is 2.80. The number of hydrogen-bond acceptors (Lipinski definition) is 4. The Balaban J connectivity index is 2.11. The molecule has 1 atom stereocenters. The Morgan fingerprint density at radius 2 is 2.31 bits per heavy atom. The van der Waals surface area contributed by atoms with Gasteiger partial charge in [-0.2, -0.15) is 0 Å². The number of nitrogens with zero attached hydrogens (tertiary/aromatic N) is 1. The van der Waals surface area contributed by atoms with Crippen molar-refractivity contribution in [2.75, 3.05) is 12.3 Å². The molecule has 2 heterocycles. The normalized spacial score (nSPS) is 25.3. The highest BCUT2D eigenvalue weighted by atomic mass is 16.5. The van der Waals surface area contributed by atoms with Gasteiger partial charge in [0, 0.05) is 12.3 Å². The number of nitrogens with two attached hydrogens (primary N) is 1. The van der Waals surface area contributed by atoms with Gasteiger partial charge in [0.05, 0.1) is 0 Å². The van der Waals surface area contributed by atoms with Crippen molar-refractivity contribution < 1.29 is 9.15 Å². The highest BCUT2D eigenvalue weighted by Crippen LogP contribution is 2.36. The van der Waals surface area contributed by atoms with E-state index >= 15 is 0 Å². The number of aromatic nitrogens is 1. The van der Waals surface area contributed by atoms with Gasteiger partial charge < -0.3 is 14.9 Å². The van der Waals surface area contributed by atoms with Gasteiger partial charge in [0.25, 0.3) is 0 Å². The topological polar surface area (TPSA) is 61.3 Å². The molecule has 3 rings (SSSR count). The van der Waals surface area contributed by atoms with Crippen LogP contribution in [-0.4, -0.2) is 11.6 Å². The summed E-state index contributed by atoms with van der Waals surface area (Å²) in [4.78, 5) is 4.46. The average Bonchev–Trinajstić information content (AvgIpc) is 2.84. The zero-order valence-corrected chi connectivity index (χ0v) is 9.19. The molecule has 1 aliphatic rings. The molecule has 0 spiro atoms. The minimum absolute atomic E-state index is 0.367. The fourth-order valence-corrected chi connectivity index (χ4v) is 2.12. The Kier molecular flexibility index (Phi) is 1.94. The molecule has 1 unspecified atom stereocenters. The molecule has 0 radical (unpaired) electrons. The van der Waals surface area contributed by atoms with Gasteiger partial charge in [0.15, 0.2) is 5.58 Å². The Labute approximate surface area is 93.4 Å². The maximum Gasteiger partial charge on any atom is 0.227 e. The number of oxazole rings is 1. The van der Waals surface area contributed by atoms with Gasteiger partial charge in [-0.15, -0.1) is 0 Å². The van der Waals surface area contributed by atoms with E-state index in [9.17, 15) is 0 Å². The van der Waals surface area contributed by atoms with Gasteiger partial charge in [-0.25, -0.2) is 4.98 Å². The molecule has 0 saturated carbocycles. The quantitative estimate of drug-likeness (QED) is 0.747. The lowest BCUT2D eigenvalue weighted by Crippen LogP contribution is -2.20. The van der Waals surface area contributed by atoms with Crippen molar-refractivity contribution in [1.29, 1.82) is 0 Å². The van der Waals surface area contributed by atoms with Crippen LogP contribution in [0.5, 0.6) is 0 Å². The first kappa shape index (κ1) is 9.66. The van der Waals surface area contributed by atoms with E-state index in [1.165, 1.54) is 0 Å². The maximum atomic E-state index is 5.72. The number of nitrogen functional groups attached to an aromatic ring is 1. The third-order valence-electron chi connectivity index (χ3n) is 3.08. The lowest BCUT2D eigenvalue weighted by atomic mass is 10.0. The van der Waals surface area contributed by atoms with Gasteiger partial charge >= 0.3 is 0 Å². The lowest BCUT2D eigenvalue weighted by Gasteiger charge is -2.17. The predicted molar refractivity (Wildman–Crippen MR) is 61.0 cm³/mol. The fourth-order valence-electron chi connectivity index (χ4n) is 2.12. The summed E-state index contributed by atoms with van der Waals surface area (Å²) < 4.78 is 11.4. The molecule has 4 nitrogen and oxygen atoms in total. The van der Waals surface area contributed by atoms with E-state index in [-0.39, 0.29) is 5.60 Å². The van der Waals surface area contributed by atoms with Gasteiger partial charge in [-0.1, -0.05) is 0 Å². The first-order chi connectivity index (χ1) is 7.67. The van der Waals surface area contributed by atoms with Crippen LogP contribution in [0.4, 0.5) is 5.69 Å². The van der Waals surface area contributed by atoms with Crippen LogP contribution in [0.3, 0.4) is 0 Å². The van der Waals surface area contributed by atoms with Gasteiger partial charge in [0.2, 0.25) is 5.89 Å². The summed E-state index contributed by atoms with van der Waals surface area (Å²) in [5.74, 6) is 0.658. The maximum absolute atomic E-state index is 5.72. The average molecular weight is 218 g/mol. The van der Waals surface area contributed by atoms with E-state index in [1.54, 1.807) is 0 Å². The van der Waals surface area contributed by atoms with Crippen molar-refractivity contribution in [3.05, 3.63) is 24.1 Å². The molecule has 1 aromatic heterocycles. The molecule has 4 heteroatoms. The number of anilines is 1. The number of hydrogen-bond donors (Lipinski definition) is 1. The summed E-state index contributed by atoms with van der Waals surface area (Å²) in [5.41, 5.74) is 7.60. The number of fused-ring (bicyclic) bond motifs is 1.